The number of nitrogens with zero attached hydrogens (tertiary/aromatic N) is 3. The minimum absolute atomic E-state index is 0.0206. The number of esters is 1. The monoisotopic (exact) mass is 405 g/mol. The van der Waals surface area contributed by atoms with Crippen molar-refractivity contribution < 1.29 is 14.3 Å². The van der Waals surface area contributed by atoms with Crippen LogP contribution in [-0.2, 0) is 22.5 Å². The van der Waals surface area contributed by atoms with E-state index in [2.05, 4.69) is 4.98 Å². The minimum atomic E-state index is -0.598. The van der Waals surface area contributed by atoms with Crippen LogP contribution in [0.4, 0.5) is 5.69 Å². The molecule has 1 aromatic heterocycles. The Morgan fingerprint density at radius 2 is 1.97 bits per heavy atom. The van der Waals surface area contributed by atoms with Gasteiger partial charge in [0.05, 0.1) is 16.6 Å². The molecule has 154 valence electrons. The molecule has 1 amide bonds. The molecule has 7 nitrogen and oxygen atoms in total. The van der Waals surface area contributed by atoms with Crippen molar-refractivity contribution in [2.45, 2.75) is 39.8 Å². The quantitative estimate of drug-likeness (QED) is 0.624. The maximum absolute atomic E-state index is 12.7. The van der Waals surface area contributed by atoms with Gasteiger partial charge < -0.3 is 14.2 Å². The van der Waals surface area contributed by atoms with Gasteiger partial charge in [-0.3, -0.25) is 9.59 Å². The molecule has 0 unspecified atom stereocenters. The average molecular weight is 405 g/mol. The zero-order valence-corrected chi connectivity index (χ0v) is 17.2. The van der Waals surface area contributed by atoms with Gasteiger partial charge in [-0.15, -0.1) is 0 Å². The molecular weight excluding hydrogens is 382 g/mol. The molecule has 2 aromatic carbocycles. The molecule has 0 radical (unpaired) electrons. The molecule has 4 rings (SSSR count). The molecule has 1 aliphatic rings. The maximum Gasteiger partial charge on any atom is 0.338 e. The van der Waals surface area contributed by atoms with Crippen LogP contribution in [0.25, 0.3) is 11.0 Å². The van der Waals surface area contributed by atoms with Gasteiger partial charge in [0.2, 0.25) is 0 Å². The predicted molar refractivity (Wildman–Crippen MR) is 114 cm³/mol. The van der Waals surface area contributed by atoms with Gasteiger partial charge in [0.1, 0.15) is 5.69 Å². The number of anilines is 1. The average Bonchev–Trinajstić information content (AvgIpc) is 3.08. The van der Waals surface area contributed by atoms with Gasteiger partial charge in [0.15, 0.2) is 6.61 Å². The number of hydrogen-bond donors (Lipinski definition) is 0. The van der Waals surface area contributed by atoms with Crippen LogP contribution in [0.5, 0.6) is 0 Å². The van der Waals surface area contributed by atoms with Gasteiger partial charge in [-0.25, -0.2) is 9.78 Å². The van der Waals surface area contributed by atoms with Gasteiger partial charge >= 0.3 is 5.97 Å². The topological polar surface area (TPSA) is 81.5 Å². The molecule has 0 spiro atoms. The zero-order chi connectivity index (χ0) is 21.4. The highest BCUT2D eigenvalue weighted by molar-refractivity contribution is 5.99. The molecule has 1 aliphatic heterocycles. The van der Waals surface area contributed by atoms with Crippen LogP contribution in [0.1, 0.15) is 35.5 Å². The highest BCUT2D eigenvalue weighted by atomic mass is 16.5. The Hall–Kier alpha value is -3.48. The first-order valence-corrected chi connectivity index (χ1v) is 9.99. The second kappa shape index (κ2) is 7.74. The molecule has 2 heterocycles. The molecule has 1 atom stereocenters. The number of hydrogen-bond acceptors (Lipinski definition) is 5. The third-order valence-electron chi connectivity index (χ3n) is 5.46. The van der Waals surface area contributed by atoms with Crippen molar-refractivity contribution in [1.29, 1.82) is 0 Å². The van der Waals surface area contributed by atoms with Crippen molar-refractivity contribution in [3.63, 3.8) is 0 Å². The van der Waals surface area contributed by atoms with Crippen LogP contribution in [-0.4, -0.2) is 34.1 Å². The molecule has 0 bridgehead atoms. The number of para-hydroxylation sites is 1. The van der Waals surface area contributed by atoms with E-state index in [4.69, 9.17) is 4.74 Å². The Bertz CT molecular complexity index is 1210. The summed E-state index contributed by atoms with van der Waals surface area (Å²) in [6, 6.07) is 12.6. The van der Waals surface area contributed by atoms with Crippen LogP contribution in [0.2, 0.25) is 0 Å². The SMILES string of the molecule is CCn1c(=O)c(C)nc2cc(C(=O)OCC(=O)N3c4ccccc4C[C@H]3C)ccc21. The first-order valence-electron chi connectivity index (χ1n) is 9.99. The van der Waals surface area contributed by atoms with Gasteiger partial charge in [-0.2, -0.15) is 0 Å². The Balaban J connectivity index is 1.52. The number of carbonyl (C=O) groups is 2. The van der Waals surface area contributed by atoms with E-state index in [1.165, 1.54) is 0 Å². The lowest BCUT2D eigenvalue weighted by molar-refractivity contribution is -0.122. The first kappa shape index (κ1) is 19.8. The fourth-order valence-corrected chi connectivity index (χ4v) is 4.04. The summed E-state index contributed by atoms with van der Waals surface area (Å²) >= 11 is 0. The van der Waals surface area contributed by atoms with Crippen molar-refractivity contribution in [1.82, 2.24) is 9.55 Å². The van der Waals surface area contributed by atoms with Crippen molar-refractivity contribution in [3.8, 4) is 0 Å². The van der Waals surface area contributed by atoms with E-state index in [1.54, 1.807) is 34.6 Å². The van der Waals surface area contributed by atoms with E-state index >= 15 is 0 Å². The number of amides is 1. The second-order valence-electron chi connectivity index (χ2n) is 7.47. The van der Waals surface area contributed by atoms with E-state index in [9.17, 15) is 14.4 Å². The van der Waals surface area contributed by atoms with Gasteiger partial charge in [0, 0.05) is 18.3 Å². The number of aryl methyl sites for hydroxylation is 2. The molecule has 0 fully saturated rings. The van der Waals surface area contributed by atoms with E-state index in [0.717, 1.165) is 17.7 Å². The standard InChI is InChI=1S/C23H23N3O4/c1-4-25-20-10-9-17(12-18(20)24-15(3)22(25)28)23(29)30-13-21(27)26-14(2)11-16-7-5-6-8-19(16)26/h5-10,12,14H,4,11,13H2,1-3H3/t14-/m1/s1. The van der Waals surface area contributed by atoms with Crippen molar-refractivity contribution in [2.24, 2.45) is 0 Å². The highest BCUT2D eigenvalue weighted by Crippen LogP contribution is 2.31. The Morgan fingerprint density at radius 1 is 1.20 bits per heavy atom. The summed E-state index contributed by atoms with van der Waals surface area (Å²) < 4.78 is 6.91. The summed E-state index contributed by atoms with van der Waals surface area (Å²) in [7, 11) is 0. The fourth-order valence-electron chi connectivity index (χ4n) is 4.04. The number of carbonyl (C=O) groups excluding carboxylic acids is 2. The molecule has 0 N–H and O–H groups in total. The summed E-state index contributed by atoms with van der Waals surface area (Å²) in [5.41, 5.74) is 3.69. The normalized spacial score (nSPS) is 15.3. The van der Waals surface area contributed by atoms with E-state index < -0.39 is 5.97 Å². The largest absolute Gasteiger partial charge is 0.452 e. The summed E-state index contributed by atoms with van der Waals surface area (Å²) in [4.78, 5) is 43.5. The molecule has 0 saturated carbocycles. The summed E-state index contributed by atoms with van der Waals surface area (Å²) in [6.45, 7) is 5.67. The predicted octanol–water partition coefficient (Wildman–Crippen LogP) is 2.86. The van der Waals surface area contributed by atoms with Gasteiger partial charge in [-0.05, 0) is 57.0 Å². The second-order valence-corrected chi connectivity index (χ2v) is 7.47. The number of fused-ring (bicyclic) bond motifs is 2. The lowest BCUT2D eigenvalue weighted by Gasteiger charge is -2.22. The van der Waals surface area contributed by atoms with Crippen molar-refractivity contribution >= 4 is 28.6 Å². The lowest BCUT2D eigenvalue weighted by atomic mass is 10.1. The third-order valence-corrected chi connectivity index (χ3v) is 5.46. The molecular formula is C23H23N3O4. The van der Waals surface area contributed by atoms with Crippen LogP contribution in [0.15, 0.2) is 47.3 Å². The number of benzene rings is 2. The van der Waals surface area contributed by atoms with Crippen LogP contribution in [0.3, 0.4) is 0 Å². The highest BCUT2D eigenvalue weighted by Gasteiger charge is 2.31. The summed E-state index contributed by atoms with van der Waals surface area (Å²) in [5, 5.41) is 0. The molecule has 30 heavy (non-hydrogen) atoms. The van der Waals surface area contributed by atoms with E-state index in [0.29, 0.717) is 28.8 Å². The Morgan fingerprint density at radius 3 is 2.73 bits per heavy atom. The van der Waals surface area contributed by atoms with Gasteiger partial charge in [0.25, 0.3) is 11.5 Å². The molecule has 0 saturated heterocycles. The third kappa shape index (κ3) is 3.36. The number of aromatic nitrogens is 2. The van der Waals surface area contributed by atoms with E-state index in [-0.39, 0.29) is 24.1 Å². The summed E-state index contributed by atoms with van der Waals surface area (Å²) in [5.74, 6) is -0.852. The van der Waals surface area contributed by atoms with Crippen molar-refractivity contribution in [3.05, 3.63) is 69.6 Å². The van der Waals surface area contributed by atoms with Crippen LogP contribution in [0, 0.1) is 6.92 Å². The lowest BCUT2D eigenvalue weighted by Crippen LogP contribution is -2.38. The van der Waals surface area contributed by atoms with Crippen molar-refractivity contribution in [2.75, 3.05) is 11.5 Å². The van der Waals surface area contributed by atoms with Gasteiger partial charge in [-0.1, -0.05) is 18.2 Å². The summed E-state index contributed by atoms with van der Waals surface area (Å²) in [6.07, 6.45) is 0.782. The zero-order valence-electron chi connectivity index (χ0n) is 17.2. The minimum Gasteiger partial charge on any atom is -0.452 e. The smallest absolute Gasteiger partial charge is 0.338 e. The first-order chi connectivity index (χ1) is 14.4. The number of rotatable bonds is 4. The molecule has 3 aromatic rings. The molecule has 0 aliphatic carbocycles. The fraction of sp³-hybridized carbons (Fsp3) is 0.304. The van der Waals surface area contributed by atoms with Crippen LogP contribution < -0.4 is 10.5 Å². The Labute approximate surface area is 173 Å². The molecule has 7 heteroatoms. The van der Waals surface area contributed by atoms with Crippen LogP contribution >= 0.6 is 0 Å². The number of ether oxygens (including phenoxy) is 1. The Kier molecular flexibility index (Phi) is 5.11. The maximum atomic E-state index is 12.7. The van der Waals surface area contributed by atoms with E-state index in [1.807, 2.05) is 38.1 Å².